The van der Waals surface area contributed by atoms with Crippen molar-refractivity contribution < 1.29 is 8.95 Å². The SMILES string of the molecule is COc1cc(S(C)=O)ccc1-c1nc2ncccc2[nH]1.S. The molecule has 3 aromatic rings. The highest BCUT2D eigenvalue weighted by Gasteiger charge is 2.12. The van der Waals surface area contributed by atoms with Crippen LogP contribution in [-0.4, -0.2) is 32.5 Å². The molecule has 0 amide bonds. The van der Waals surface area contributed by atoms with E-state index in [4.69, 9.17) is 4.74 Å². The first-order valence-corrected chi connectivity index (χ1v) is 7.57. The lowest BCUT2D eigenvalue weighted by atomic mass is 10.2. The maximum Gasteiger partial charge on any atom is 0.178 e. The molecule has 0 aliphatic heterocycles. The van der Waals surface area contributed by atoms with Crippen LogP contribution in [0.25, 0.3) is 22.6 Å². The van der Waals surface area contributed by atoms with Crippen molar-refractivity contribution in [2.75, 3.05) is 13.4 Å². The Morgan fingerprint density at radius 3 is 2.76 bits per heavy atom. The van der Waals surface area contributed by atoms with Crippen molar-refractivity contribution in [3.8, 4) is 17.1 Å². The highest BCUT2D eigenvalue weighted by atomic mass is 32.2. The van der Waals surface area contributed by atoms with Crippen LogP contribution in [-0.2, 0) is 10.8 Å². The van der Waals surface area contributed by atoms with Gasteiger partial charge in [0.15, 0.2) is 5.65 Å². The molecule has 5 nitrogen and oxygen atoms in total. The standard InChI is InChI=1S/C14H13N3O2S.H2S/c1-19-12-8-9(20(2)18)5-6-10(12)13-16-11-4-3-7-15-14(11)17-13;/h3-8H,1-2H3,(H,15,16,17);1H2. The zero-order chi connectivity index (χ0) is 14.1. The largest absolute Gasteiger partial charge is 0.496 e. The molecule has 0 saturated carbocycles. The molecule has 2 heterocycles. The number of fused-ring (bicyclic) bond motifs is 1. The smallest absolute Gasteiger partial charge is 0.178 e. The summed E-state index contributed by atoms with van der Waals surface area (Å²) < 4.78 is 16.9. The molecule has 1 aromatic carbocycles. The van der Waals surface area contributed by atoms with Gasteiger partial charge in [0.1, 0.15) is 11.6 Å². The summed E-state index contributed by atoms with van der Waals surface area (Å²) in [6, 6.07) is 9.21. The van der Waals surface area contributed by atoms with E-state index in [2.05, 4.69) is 15.0 Å². The Balaban J connectivity index is 0.00000161. The number of imidazole rings is 1. The molecule has 0 aliphatic rings. The highest BCUT2D eigenvalue weighted by molar-refractivity contribution is 7.84. The van der Waals surface area contributed by atoms with Crippen molar-refractivity contribution in [1.82, 2.24) is 15.0 Å². The lowest BCUT2D eigenvalue weighted by Gasteiger charge is -2.07. The van der Waals surface area contributed by atoms with Gasteiger partial charge in [-0.1, -0.05) is 0 Å². The van der Waals surface area contributed by atoms with E-state index in [0.29, 0.717) is 17.2 Å². The maximum atomic E-state index is 11.5. The first-order valence-electron chi connectivity index (χ1n) is 6.01. The van der Waals surface area contributed by atoms with Gasteiger partial charge in [0.25, 0.3) is 0 Å². The molecule has 1 unspecified atom stereocenters. The predicted molar refractivity (Wildman–Crippen MR) is 88.6 cm³/mol. The fourth-order valence-corrected chi connectivity index (χ4v) is 2.55. The zero-order valence-corrected chi connectivity index (χ0v) is 13.4. The summed E-state index contributed by atoms with van der Waals surface area (Å²) in [4.78, 5) is 12.6. The summed E-state index contributed by atoms with van der Waals surface area (Å²) in [6.07, 6.45) is 3.34. The summed E-state index contributed by atoms with van der Waals surface area (Å²) in [5, 5.41) is 0. The first kappa shape index (κ1) is 15.5. The van der Waals surface area contributed by atoms with Gasteiger partial charge in [0.2, 0.25) is 0 Å². The minimum Gasteiger partial charge on any atom is -0.496 e. The average molecular weight is 321 g/mol. The van der Waals surface area contributed by atoms with Crippen molar-refractivity contribution in [1.29, 1.82) is 0 Å². The molecular formula is C14H15N3O2S2. The van der Waals surface area contributed by atoms with Gasteiger partial charge < -0.3 is 9.72 Å². The van der Waals surface area contributed by atoms with Gasteiger partial charge in [-0.2, -0.15) is 13.5 Å². The minimum atomic E-state index is -1.04. The quantitative estimate of drug-likeness (QED) is 0.805. The number of aromatic nitrogens is 3. The Labute approximate surface area is 131 Å². The number of hydrogen-bond acceptors (Lipinski definition) is 4. The Morgan fingerprint density at radius 2 is 2.10 bits per heavy atom. The van der Waals surface area contributed by atoms with E-state index in [1.54, 1.807) is 25.6 Å². The molecule has 0 spiro atoms. The lowest BCUT2D eigenvalue weighted by molar-refractivity contribution is 0.415. The monoisotopic (exact) mass is 321 g/mol. The maximum absolute atomic E-state index is 11.5. The number of benzene rings is 1. The topological polar surface area (TPSA) is 67.9 Å². The molecule has 2 aromatic heterocycles. The summed E-state index contributed by atoms with van der Waals surface area (Å²) in [5.41, 5.74) is 2.35. The van der Waals surface area contributed by atoms with Gasteiger partial charge in [-0.05, 0) is 30.3 Å². The second kappa shape index (κ2) is 6.28. The molecule has 1 N–H and O–H groups in total. The molecule has 3 rings (SSSR count). The number of nitrogens with one attached hydrogen (secondary N) is 1. The van der Waals surface area contributed by atoms with Crippen LogP contribution in [0.2, 0.25) is 0 Å². The Kier molecular flexibility index (Phi) is 4.64. The van der Waals surface area contributed by atoms with Gasteiger partial charge >= 0.3 is 0 Å². The van der Waals surface area contributed by atoms with E-state index in [0.717, 1.165) is 16.0 Å². The lowest BCUT2D eigenvalue weighted by Crippen LogP contribution is -1.93. The van der Waals surface area contributed by atoms with Crippen LogP contribution in [0.5, 0.6) is 5.75 Å². The third-order valence-corrected chi connectivity index (χ3v) is 3.94. The van der Waals surface area contributed by atoms with Crippen molar-refractivity contribution >= 4 is 35.5 Å². The fraction of sp³-hybridized carbons (Fsp3) is 0.143. The summed E-state index contributed by atoms with van der Waals surface area (Å²) in [7, 11) is 0.542. The molecule has 7 heteroatoms. The van der Waals surface area contributed by atoms with E-state index < -0.39 is 10.8 Å². The Hall–Kier alpha value is -1.86. The highest BCUT2D eigenvalue weighted by Crippen LogP contribution is 2.30. The van der Waals surface area contributed by atoms with E-state index in [1.807, 2.05) is 24.3 Å². The zero-order valence-electron chi connectivity index (χ0n) is 11.6. The molecule has 0 saturated heterocycles. The Bertz CT molecular complexity index is 769. The van der Waals surface area contributed by atoms with Gasteiger partial charge in [-0.25, -0.2) is 9.97 Å². The molecule has 21 heavy (non-hydrogen) atoms. The van der Waals surface area contributed by atoms with E-state index in [9.17, 15) is 4.21 Å². The van der Waals surface area contributed by atoms with Crippen molar-refractivity contribution in [3.05, 3.63) is 36.5 Å². The summed E-state index contributed by atoms with van der Waals surface area (Å²) >= 11 is 0. The molecule has 0 radical (unpaired) electrons. The molecule has 0 bridgehead atoms. The number of rotatable bonds is 3. The van der Waals surface area contributed by atoms with Crippen LogP contribution in [0.4, 0.5) is 0 Å². The minimum absolute atomic E-state index is 0. The normalized spacial score (nSPS) is 11.9. The van der Waals surface area contributed by atoms with Crippen molar-refractivity contribution in [2.45, 2.75) is 4.90 Å². The molecule has 110 valence electrons. The first-order chi connectivity index (χ1) is 9.69. The molecule has 0 fully saturated rings. The molecule has 1 atom stereocenters. The number of ether oxygens (including phenoxy) is 1. The molecular weight excluding hydrogens is 306 g/mol. The predicted octanol–water partition coefficient (Wildman–Crippen LogP) is 2.48. The number of H-pyrrole nitrogens is 1. The molecule has 0 aliphatic carbocycles. The van der Waals surface area contributed by atoms with Gasteiger partial charge in [-0.3, -0.25) is 4.21 Å². The van der Waals surface area contributed by atoms with Crippen LogP contribution >= 0.6 is 13.5 Å². The summed E-state index contributed by atoms with van der Waals surface area (Å²) in [5.74, 6) is 1.32. The van der Waals surface area contributed by atoms with Crippen LogP contribution in [0.15, 0.2) is 41.4 Å². The van der Waals surface area contributed by atoms with E-state index in [-0.39, 0.29) is 13.5 Å². The third-order valence-electron chi connectivity index (χ3n) is 3.02. The average Bonchev–Trinajstić information content (AvgIpc) is 2.90. The summed E-state index contributed by atoms with van der Waals surface area (Å²) in [6.45, 7) is 0. The van der Waals surface area contributed by atoms with Gasteiger partial charge in [-0.15, -0.1) is 0 Å². The number of nitrogens with zero attached hydrogens (tertiary/aromatic N) is 2. The van der Waals surface area contributed by atoms with E-state index in [1.165, 1.54) is 0 Å². The van der Waals surface area contributed by atoms with Crippen LogP contribution in [0, 0.1) is 0 Å². The number of pyridine rings is 1. The number of aromatic amines is 1. The van der Waals surface area contributed by atoms with Gasteiger partial charge in [0.05, 0.1) is 18.2 Å². The fourth-order valence-electron chi connectivity index (χ4n) is 2.02. The van der Waals surface area contributed by atoms with E-state index >= 15 is 0 Å². The number of methoxy groups -OCH3 is 1. The van der Waals surface area contributed by atoms with Crippen molar-refractivity contribution in [2.24, 2.45) is 0 Å². The van der Waals surface area contributed by atoms with Crippen molar-refractivity contribution in [3.63, 3.8) is 0 Å². The third kappa shape index (κ3) is 2.93. The van der Waals surface area contributed by atoms with Crippen LogP contribution in [0.3, 0.4) is 0 Å². The second-order valence-electron chi connectivity index (χ2n) is 4.28. The van der Waals surface area contributed by atoms with Gasteiger partial charge in [0, 0.05) is 28.1 Å². The number of hydrogen-bond donors (Lipinski definition) is 1. The Morgan fingerprint density at radius 1 is 1.29 bits per heavy atom. The second-order valence-corrected chi connectivity index (χ2v) is 5.66. The van der Waals surface area contributed by atoms with Crippen LogP contribution < -0.4 is 4.74 Å². The van der Waals surface area contributed by atoms with Crippen LogP contribution in [0.1, 0.15) is 0 Å².